The summed E-state index contributed by atoms with van der Waals surface area (Å²) in [5.41, 5.74) is 5.96. The molecule has 1 aliphatic carbocycles. The van der Waals surface area contributed by atoms with Crippen molar-refractivity contribution in [2.24, 2.45) is 11.7 Å². The molecule has 1 unspecified atom stereocenters. The van der Waals surface area contributed by atoms with Crippen LogP contribution in [0.25, 0.3) is 0 Å². The van der Waals surface area contributed by atoms with Gasteiger partial charge >= 0.3 is 5.69 Å². The molecule has 2 aromatic rings. The fraction of sp³-hybridized carbons (Fsp3) is 0.400. The summed E-state index contributed by atoms with van der Waals surface area (Å²) in [6, 6.07) is 5.85. The Kier molecular flexibility index (Phi) is 6.53. The normalized spacial score (nSPS) is 15.5. The van der Waals surface area contributed by atoms with E-state index < -0.39 is 23.5 Å². The number of nitrogens with zero attached hydrogens (tertiary/aromatic N) is 2. The second-order valence-electron chi connectivity index (χ2n) is 7.23. The number of hydrogen-bond donors (Lipinski definition) is 3. The lowest BCUT2D eigenvalue weighted by atomic mass is 9.83. The van der Waals surface area contributed by atoms with E-state index in [1.807, 2.05) is 0 Å². The standard InChI is InChI=1S/C20H24ClN5O3/c1-26(16-9-10-23-20(29)24-16)13-7-8-15(21)14(11-13)19(28)25-17(18(22)27)12-5-3-2-4-6-12/h7-12,17H,2-6H2,1H3,(H2,22,27)(H,25,28)(H,23,24,29). The van der Waals surface area contributed by atoms with Gasteiger partial charge in [0.1, 0.15) is 11.9 Å². The van der Waals surface area contributed by atoms with Gasteiger partial charge in [-0.3, -0.25) is 14.6 Å². The van der Waals surface area contributed by atoms with Crippen LogP contribution in [-0.4, -0.2) is 34.9 Å². The number of amides is 2. The highest BCUT2D eigenvalue weighted by atomic mass is 35.5. The Labute approximate surface area is 173 Å². The van der Waals surface area contributed by atoms with Crippen molar-refractivity contribution in [3.63, 3.8) is 0 Å². The van der Waals surface area contributed by atoms with E-state index in [1.165, 1.54) is 6.20 Å². The summed E-state index contributed by atoms with van der Waals surface area (Å²) < 4.78 is 0. The lowest BCUT2D eigenvalue weighted by Gasteiger charge is -2.29. The minimum absolute atomic E-state index is 0.0386. The van der Waals surface area contributed by atoms with E-state index in [9.17, 15) is 14.4 Å². The molecule has 3 rings (SSSR count). The molecule has 0 spiro atoms. The van der Waals surface area contributed by atoms with Crippen molar-refractivity contribution < 1.29 is 9.59 Å². The lowest BCUT2D eigenvalue weighted by molar-refractivity contribution is -0.121. The number of anilines is 2. The highest BCUT2D eigenvalue weighted by Gasteiger charge is 2.30. The van der Waals surface area contributed by atoms with E-state index in [4.69, 9.17) is 17.3 Å². The first-order chi connectivity index (χ1) is 13.9. The van der Waals surface area contributed by atoms with Gasteiger partial charge in [0.25, 0.3) is 5.91 Å². The molecule has 4 N–H and O–H groups in total. The number of carbonyl (C=O) groups is 2. The highest BCUT2D eigenvalue weighted by molar-refractivity contribution is 6.34. The predicted molar refractivity (Wildman–Crippen MR) is 111 cm³/mol. The van der Waals surface area contributed by atoms with Crippen molar-refractivity contribution in [1.82, 2.24) is 15.3 Å². The maximum Gasteiger partial charge on any atom is 0.346 e. The number of halogens is 1. The molecule has 1 atom stereocenters. The summed E-state index contributed by atoms with van der Waals surface area (Å²) in [5, 5.41) is 3.03. The van der Waals surface area contributed by atoms with E-state index >= 15 is 0 Å². The Morgan fingerprint density at radius 3 is 2.66 bits per heavy atom. The second kappa shape index (κ2) is 9.09. The van der Waals surface area contributed by atoms with Gasteiger partial charge in [0.2, 0.25) is 5.91 Å². The van der Waals surface area contributed by atoms with Crippen LogP contribution in [0.1, 0.15) is 42.5 Å². The summed E-state index contributed by atoms with van der Waals surface area (Å²) in [6.07, 6.45) is 6.30. The molecule has 2 amide bonds. The molecule has 8 nitrogen and oxygen atoms in total. The van der Waals surface area contributed by atoms with Crippen molar-refractivity contribution in [1.29, 1.82) is 0 Å². The average molecular weight is 418 g/mol. The van der Waals surface area contributed by atoms with Gasteiger partial charge in [-0.2, -0.15) is 0 Å². The zero-order valence-electron chi connectivity index (χ0n) is 16.2. The van der Waals surface area contributed by atoms with E-state index in [2.05, 4.69) is 15.3 Å². The summed E-state index contributed by atoms with van der Waals surface area (Å²) in [5.74, 6) is -0.445. The van der Waals surface area contributed by atoms with Crippen molar-refractivity contribution >= 4 is 34.9 Å². The maximum atomic E-state index is 12.9. The molecule has 0 aliphatic heterocycles. The Balaban J connectivity index is 1.83. The zero-order valence-corrected chi connectivity index (χ0v) is 16.9. The van der Waals surface area contributed by atoms with Crippen molar-refractivity contribution in [3.05, 3.63) is 51.5 Å². The van der Waals surface area contributed by atoms with Gasteiger partial charge in [-0.15, -0.1) is 0 Å². The van der Waals surface area contributed by atoms with Crippen molar-refractivity contribution in [2.45, 2.75) is 38.1 Å². The molecule has 29 heavy (non-hydrogen) atoms. The predicted octanol–water partition coefficient (Wildman–Crippen LogP) is 2.36. The number of H-pyrrole nitrogens is 1. The quantitative estimate of drug-likeness (QED) is 0.666. The number of aromatic amines is 1. The fourth-order valence-corrected chi connectivity index (χ4v) is 3.90. The largest absolute Gasteiger partial charge is 0.368 e. The first kappa shape index (κ1) is 20.9. The van der Waals surface area contributed by atoms with Gasteiger partial charge in [-0.25, -0.2) is 9.78 Å². The molecule has 1 saturated carbocycles. The first-order valence-electron chi connectivity index (χ1n) is 9.55. The number of aromatic nitrogens is 2. The van der Waals surface area contributed by atoms with Gasteiger partial charge < -0.3 is 16.0 Å². The van der Waals surface area contributed by atoms with Crippen LogP contribution in [0.3, 0.4) is 0 Å². The van der Waals surface area contributed by atoms with Crippen molar-refractivity contribution in [2.75, 3.05) is 11.9 Å². The third kappa shape index (κ3) is 4.95. The molecule has 0 bridgehead atoms. The Hall–Kier alpha value is -2.87. The maximum absolute atomic E-state index is 12.9. The van der Waals surface area contributed by atoms with Crippen LogP contribution in [0.5, 0.6) is 0 Å². The molecule has 1 aromatic heterocycles. The zero-order chi connectivity index (χ0) is 21.0. The molecule has 1 aliphatic rings. The van der Waals surface area contributed by atoms with E-state index in [0.29, 0.717) is 11.5 Å². The molecule has 1 fully saturated rings. The fourth-order valence-electron chi connectivity index (χ4n) is 3.70. The van der Waals surface area contributed by atoms with Crippen LogP contribution in [0.4, 0.5) is 11.5 Å². The summed E-state index contributed by atoms with van der Waals surface area (Å²) in [7, 11) is 1.74. The summed E-state index contributed by atoms with van der Waals surface area (Å²) >= 11 is 6.25. The van der Waals surface area contributed by atoms with Gasteiger partial charge in [-0.1, -0.05) is 30.9 Å². The molecule has 0 saturated heterocycles. The van der Waals surface area contributed by atoms with Crippen molar-refractivity contribution in [3.8, 4) is 0 Å². The third-order valence-electron chi connectivity index (χ3n) is 5.32. The number of nitrogens with one attached hydrogen (secondary N) is 2. The van der Waals surface area contributed by atoms with Gasteiger partial charge in [-0.05, 0) is 43.0 Å². The number of rotatable bonds is 6. The van der Waals surface area contributed by atoms with Gasteiger partial charge in [0.15, 0.2) is 0 Å². The topological polar surface area (TPSA) is 121 Å². The smallest absolute Gasteiger partial charge is 0.346 e. The van der Waals surface area contributed by atoms with Crippen LogP contribution in [0.2, 0.25) is 5.02 Å². The summed E-state index contributed by atoms with van der Waals surface area (Å²) in [6.45, 7) is 0. The number of benzene rings is 1. The van der Waals surface area contributed by atoms with Gasteiger partial charge in [0, 0.05) is 18.9 Å². The van der Waals surface area contributed by atoms with Crippen LogP contribution < -0.4 is 21.6 Å². The molecule has 1 heterocycles. The molecule has 9 heteroatoms. The SMILES string of the molecule is CN(c1ccc(Cl)c(C(=O)NC(C(N)=O)C2CCCCC2)c1)c1ccnc(=O)[nH]1. The average Bonchev–Trinajstić information content (AvgIpc) is 2.72. The van der Waals surface area contributed by atoms with Crippen LogP contribution in [-0.2, 0) is 4.79 Å². The second-order valence-corrected chi connectivity index (χ2v) is 7.64. The number of nitrogens with two attached hydrogens (primary N) is 1. The molecule has 1 aromatic carbocycles. The molecular weight excluding hydrogens is 394 g/mol. The Bertz CT molecular complexity index is 955. The van der Waals surface area contributed by atoms with Crippen LogP contribution in [0.15, 0.2) is 35.3 Å². The highest BCUT2D eigenvalue weighted by Crippen LogP contribution is 2.29. The van der Waals surface area contributed by atoms with E-state index in [0.717, 1.165) is 32.1 Å². The number of hydrogen-bond acceptors (Lipinski definition) is 5. The minimum Gasteiger partial charge on any atom is -0.368 e. The monoisotopic (exact) mass is 417 g/mol. The first-order valence-corrected chi connectivity index (χ1v) is 9.93. The number of carbonyl (C=O) groups excluding carboxylic acids is 2. The van der Waals surface area contributed by atoms with Gasteiger partial charge in [0.05, 0.1) is 10.6 Å². The third-order valence-corrected chi connectivity index (χ3v) is 5.65. The Morgan fingerprint density at radius 2 is 2.00 bits per heavy atom. The summed E-state index contributed by atoms with van der Waals surface area (Å²) in [4.78, 5) is 44.3. The molecule has 154 valence electrons. The van der Waals surface area contributed by atoms with Crippen LogP contribution >= 0.6 is 11.6 Å². The van der Waals surface area contributed by atoms with E-state index in [1.54, 1.807) is 36.2 Å². The molecular formula is C20H24ClN5O3. The molecule has 0 radical (unpaired) electrons. The lowest BCUT2D eigenvalue weighted by Crippen LogP contribution is -2.49. The Morgan fingerprint density at radius 1 is 1.28 bits per heavy atom. The van der Waals surface area contributed by atoms with Crippen LogP contribution in [0, 0.1) is 5.92 Å². The minimum atomic E-state index is -0.725. The number of primary amides is 1. The van der Waals surface area contributed by atoms with E-state index in [-0.39, 0.29) is 16.5 Å².